The zero-order valence-corrected chi connectivity index (χ0v) is 5.51. The van der Waals surface area contributed by atoms with Gasteiger partial charge in [0, 0.05) is 12.5 Å². The van der Waals surface area contributed by atoms with Crippen molar-refractivity contribution >= 4 is 0 Å². The minimum Gasteiger partial charge on any atom is -0.330 e. The Balaban J connectivity index is 3.07. The number of nitrogens with two attached hydrogens (primary N) is 2. The van der Waals surface area contributed by atoms with Gasteiger partial charge < -0.3 is 11.5 Å². The first-order chi connectivity index (χ1) is 4.31. The fraction of sp³-hybridized carbons (Fsp3) is 0.833. The maximum absolute atomic E-state index is 8.15. The number of hydrogen-bond donors (Lipinski definition) is 2. The van der Waals surface area contributed by atoms with Gasteiger partial charge >= 0.3 is 0 Å². The highest BCUT2D eigenvalue weighted by molar-refractivity contribution is 4.73. The van der Waals surface area contributed by atoms with E-state index in [2.05, 4.69) is 0 Å². The van der Waals surface area contributed by atoms with Gasteiger partial charge in [0.1, 0.15) is 0 Å². The van der Waals surface area contributed by atoms with E-state index in [0.717, 1.165) is 12.8 Å². The average molecular weight is 127 g/mol. The molecule has 0 aliphatic carbocycles. The molecule has 0 amide bonds. The first-order valence-electron chi connectivity index (χ1n) is 3.14. The van der Waals surface area contributed by atoms with E-state index in [-0.39, 0.29) is 6.04 Å². The lowest BCUT2D eigenvalue weighted by atomic mass is 10.1. The summed E-state index contributed by atoms with van der Waals surface area (Å²) in [6.45, 7) is 0.618. The van der Waals surface area contributed by atoms with Gasteiger partial charge in [-0.05, 0) is 19.4 Å². The van der Waals surface area contributed by atoms with E-state index in [4.69, 9.17) is 16.7 Å². The molecule has 0 heterocycles. The minimum absolute atomic E-state index is 0.120. The summed E-state index contributed by atoms with van der Waals surface area (Å²) in [5, 5.41) is 8.15. The van der Waals surface area contributed by atoms with Gasteiger partial charge in [0.05, 0.1) is 6.07 Å². The van der Waals surface area contributed by atoms with Crippen molar-refractivity contribution in [3.63, 3.8) is 0 Å². The fourth-order valence-electron chi connectivity index (χ4n) is 0.608. The molecule has 4 N–H and O–H groups in total. The van der Waals surface area contributed by atoms with E-state index in [9.17, 15) is 0 Å². The number of rotatable bonds is 4. The summed E-state index contributed by atoms with van der Waals surface area (Å²) in [5.74, 6) is 0. The van der Waals surface area contributed by atoms with Crippen LogP contribution in [0.5, 0.6) is 0 Å². The standard InChI is InChI=1S/C6H13N3/c7-4-1-2-6(9)3-5-8/h6H,1-3,5,8-9H2. The van der Waals surface area contributed by atoms with Gasteiger partial charge in [0.25, 0.3) is 0 Å². The van der Waals surface area contributed by atoms with Crippen molar-refractivity contribution in [3.8, 4) is 6.07 Å². The zero-order chi connectivity index (χ0) is 7.11. The monoisotopic (exact) mass is 127 g/mol. The van der Waals surface area contributed by atoms with E-state index >= 15 is 0 Å². The van der Waals surface area contributed by atoms with Crippen LogP contribution in [0, 0.1) is 11.3 Å². The van der Waals surface area contributed by atoms with Gasteiger partial charge in [-0.3, -0.25) is 0 Å². The summed E-state index contributed by atoms with van der Waals surface area (Å²) in [6.07, 6.45) is 2.14. The lowest BCUT2D eigenvalue weighted by Crippen LogP contribution is -2.23. The van der Waals surface area contributed by atoms with Gasteiger partial charge in [0.15, 0.2) is 0 Å². The summed E-state index contributed by atoms with van der Waals surface area (Å²) in [6, 6.07) is 2.16. The lowest BCUT2D eigenvalue weighted by molar-refractivity contribution is 0.584. The van der Waals surface area contributed by atoms with Crippen molar-refractivity contribution in [2.75, 3.05) is 6.54 Å². The second-order valence-electron chi connectivity index (χ2n) is 2.03. The lowest BCUT2D eigenvalue weighted by Gasteiger charge is -2.05. The highest BCUT2D eigenvalue weighted by Gasteiger charge is 1.98. The van der Waals surface area contributed by atoms with Crippen molar-refractivity contribution in [2.24, 2.45) is 11.5 Å². The van der Waals surface area contributed by atoms with Crippen LogP contribution < -0.4 is 11.5 Å². The highest BCUT2D eigenvalue weighted by Crippen LogP contribution is 1.95. The average Bonchev–Trinajstić information content (AvgIpc) is 1.85. The van der Waals surface area contributed by atoms with Crippen LogP contribution in [-0.4, -0.2) is 12.6 Å². The molecule has 0 aromatic rings. The molecule has 1 atom stereocenters. The molecule has 1 unspecified atom stereocenters. The van der Waals surface area contributed by atoms with Crippen molar-refractivity contribution in [2.45, 2.75) is 25.3 Å². The molecular formula is C6H13N3. The Morgan fingerprint density at radius 3 is 2.56 bits per heavy atom. The van der Waals surface area contributed by atoms with Crippen LogP contribution in [-0.2, 0) is 0 Å². The van der Waals surface area contributed by atoms with Gasteiger partial charge in [-0.1, -0.05) is 0 Å². The van der Waals surface area contributed by atoms with Gasteiger partial charge in [-0.15, -0.1) is 0 Å². The predicted molar refractivity (Wildman–Crippen MR) is 36.5 cm³/mol. The van der Waals surface area contributed by atoms with E-state index in [1.54, 1.807) is 0 Å². The molecule has 3 heteroatoms. The fourth-order valence-corrected chi connectivity index (χ4v) is 0.608. The van der Waals surface area contributed by atoms with Crippen molar-refractivity contribution in [1.29, 1.82) is 5.26 Å². The molecule has 0 rings (SSSR count). The van der Waals surface area contributed by atoms with Gasteiger partial charge in [-0.25, -0.2) is 0 Å². The van der Waals surface area contributed by atoms with Crippen LogP contribution in [0.1, 0.15) is 19.3 Å². The molecular weight excluding hydrogens is 114 g/mol. The van der Waals surface area contributed by atoms with Crippen molar-refractivity contribution < 1.29 is 0 Å². The number of nitrogens with zero attached hydrogens (tertiary/aromatic N) is 1. The minimum atomic E-state index is 0.120. The molecule has 0 aromatic carbocycles. The molecule has 0 spiro atoms. The van der Waals surface area contributed by atoms with E-state index < -0.39 is 0 Å². The second kappa shape index (κ2) is 5.54. The molecule has 3 nitrogen and oxygen atoms in total. The third-order valence-corrected chi connectivity index (χ3v) is 1.16. The Bertz CT molecular complexity index is 95.0. The second-order valence-corrected chi connectivity index (χ2v) is 2.03. The Labute approximate surface area is 55.6 Å². The van der Waals surface area contributed by atoms with Crippen LogP contribution >= 0.6 is 0 Å². The zero-order valence-electron chi connectivity index (χ0n) is 5.51. The van der Waals surface area contributed by atoms with Crippen LogP contribution in [0.4, 0.5) is 0 Å². The topological polar surface area (TPSA) is 75.8 Å². The molecule has 0 radical (unpaired) electrons. The van der Waals surface area contributed by atoms with Crippen molar-refractivity contribution in [1.82, 2.24) is 0 Å². The predicted octanol–water partition coefficient (Wildman–Crippen LogP) is -0.0337. The van der Waals surface area contributed by atoms with Crippen LogP contribution in [0.2, 0.25) is 0 Å². The summed E-state index contributed by atoms with van der Waals surface area (Å²) in [7, 11) is 0. The van der Waals surface area contributed by atoms with E-state index in [0.29, 0.717) is 13.0 Å². The summed E-state index contributed by atoms with van der Waals surface area (Å²) >= 11 is 0. The van der Waals surface area contributed by atoms with Crippen LogP contribution in [0.3, 0.4) is 0 Å². The summed E-state index contributed by atoms with van der Waals surface area (Å²) in [4.78, 5) is 0. The SMILES string of the molecule is N#CCCC(N)CCN. The molecule has 9 heavy (non-hydrogen) atoms. The molecule has 0 aliphatic rings. The Morgan fingerprint density at radius 2 is 2.11 bits per heavy atom. The Hall–Kier alpha value is -0.590. The normalized spacial score (nSPS) is 12.6. The molecule has 0 saturated heterocycles. The third-order valence-electron chi connectivity index (χ3n) is 1.16. The quantitative estimate of drug-likeness (QED) is 0.556. The summed E-state index contributed by atoms with van der Waals surface area (Å²) in [5.41, 5.74) is 10.8. The highest BCUT2D eigenvalue weighted by atomic mass is 14.6. The molecule has 0 saturated carbocycles. The number of hydrogen-bond acceptors (Lipinski definition) is 3. The van der Waals surface area contributed by atoms with E-state index in [1.807, 2.05) is 6.07 Å². The largest absolute Gasteiger partial charge is 0.330 e. The molecule has 0 aliphatic heterocycles. The van der Waals surface area contributed by atoms with E-state index in [1.165, 1.54) is 0 Å². The first-order valence-corrected chi connectivity index (χ1v) is 3.14. The maximum Gasteiger partial charge on any atom is 0.0622 e. The Morgan fingerprint density at radius 1 is 1.44 bits per heavy atom. The van der Waals surface area contributed by atoms with Gasteiger partial charge in [-0.2, -0.15) is 5.26 Å². The summed E-state index contributed by atoms with van der Waals surface area (Å²) < 4.78 is 0. The van der Waals surface area contributed by atoms with Crippen molar-refractivity contribution in [3.05, 3.63) is 0 Å². The molecule has 0 fully saturated rings. The maximum atomic E-state index is 8.15. The molecule has 52 valence electrons. The number of nitriles is 1. The Kier molecular flexibility index (Phi) is 5.18. The smallest absolute Gasteiger partial charge is 0.0622 e. The van der Waals surface area contributed by atoms with Gasteiger partial charge in [0.2, 0.25) is 0 Å². The molecule has 0 aromatic heterocycles. The third kappa shape index (κ3) is 5.28. The first kappa shape index (κ1) is 8.41. The van der Waals surface area contributed by atoms with Crippen LogP contribution in [0.25, 0.3) is 0 Å². The van der Waals surface area contributed by atoms with Crippen LogP contribution in [0.15, 0.2) is 0 Å². The molecule has 0 bridgehead atoms.